The number of amides is 1. The van der Waals surface area contributed by atoms with E-state index in [1.54, 1.807) is 12.1 Å². The molecule has 0 unspecified atom stereocenters. The molecule has 0 aliphatic heterocycles. The van der Waals surface area contributed by atoms with Gasteiger partial charge >= 0.3 is 0 Å². The first-order chi connectivity index (χ1) is 11.9. The van der Waals surface area contributed by atoms with Crippen LogP contribution in [0.3, 0.4) is 0 Å². The highest BCUT2D eigenvalue weighted by atomic mass is 79.9. The van der Waals surface area contributed by atoms with Gasteiger partial charge in [-0.2, -0.15) is 0 Å². The third-order valence-electron chi connectivity index (χ3n) is 4.19. The molecule has 2 aromatic rings. The summed E-state index contributed by atoms with van der Waals surface area (Å²) in [6, 6.07) is 5.58. The summed E-state index contributed by atoms with van der Waals surface area (Å²) < 4.78 is 2.34. The quantitative estimate of drug-likeness (QED) is 0.721. The Morgan fingerprint density at radius 3 is 2.76 bits per heavy atom. The molecule has 136 valence electrons. The number of rotatable bonds is 8. The summed E-state index contributed by atoms with van der Waals surface area (Å²) >= 11 is 3.37. The SMILES string of the molecule is CC(C)CCC[C@@H](C)NC(=O)CCn1cnc2ccc(Br)cc2c1=O. The number of hydrogen-bond donors (Lipinski definition) is 1. The number of halogens is 1. The Bertz CT molecular complexity index is 786. The Morgan fingerprint density at radius 2 is 2.04 bits per heavy atom. The highest BCUT2D eigenvalue weighted by molar-refractivity contribution is 9.10. The first-order valence-electron chi connectivity index (χ1n) is 8.81. The van der Waals surface area contributed by atoms with Crippen LogP contribution in [-0.2, 0) is 11.3 Å². The van der Waals surface area contributed by atoms with Crippen LogP contribution in [0, 0.1) is 5.92 Å². The Balaban J connectivity index is 1.90. The molecule has 5 nitrogen and oxygen atoms in total. The fraction of sp³-hybridized carbons (Fsp3) is 0.526. The van der Waals surface area contributed by atoms with Crippen molar-refractivity contribution in [2.45, 2.75) is 59.0 Å². The van der Waals surface area contributed by atoms with E-state index in [-0.39, 0.29) is 23.9 Å². The van der Waals surface area contributed by atoms with Crippen LogP contribution < -0.4 is 10.9 Å². The molecule has 1 N–H and O–H groups in total. The number of carbonyl (C=O) groups is 1. The maximum Gasteiger partial charge on any atom is 0.261 e. The van der Waals surface area contributed by atoms with Gasteiger partial charge in [-0.05, 0) is 37.5 Å². The summed E-state index contributed by atoms with van der Waals surface area (Å²) in [5, 5.41) is 3.56. The summed E-state index contributed by atoms with van der Waals surface area (Å²) in [5.74, 6) is 0.661. The summed E-state index contributed by atoms with van der Waals surface area (Å²) in [6.07, 6.45) is 5.05. The van der Waals surface area contributed by atoms with E-state index in [4.69, 9.17) is 0 Å². The second-order valence-corrected chi connectivity index (χ2v) is 7.86. The normalized spacial score (nSPS) is 12.5. The lowest BCUT2D eigenvalue weighted by Gasteiger charge is -2.15. The lowest BCUT2D eigenvalue weighted by molar-refractivity contribution is -0.121. The first kappa shape index (κ1) is 19.6. The number of nitrogens with one attached hydrogen (secondary N) is 1. The van der Waals surface area contributed by atoms with Crippen LogP contribution in [-0.4, -0.2) is 21.5 Å². The topological polar surface area (TPSA) is 64.0 Å². The summed E-state index contributed by atoms with van der Waals surface area (Å²) in [7, 11) is 0. The average Bonchev–Trinajstić information content (AvgIpc) is 2.54. The number of fused-ring (bicyclic) bond motifs is 1. The predicted molar refractivity (Wildman–Crippen MR) is 105 cm³/mol. The molecule has 25 heavy (non-hydrogen) atoms. The minimum atomic E-state index is -0.121. The molecule has 0 fully saturated rings. The van der Waals surface area contributed by atoms with E-state index in [2.05, 4.69) is 40.1 Å². The van der Waals surface area contributed by atoms with E-state index >= 15 is 0 Å². The molecule has 1 amide bonds. The van der Waals surface area contributed by atoms with Crippen molar-refractivity contribution in [1.82, 2.24) is 14.9 Å². The van der Waals surface area contributed by atoms with Crippen LogP contribution in [0.1, 0.15) is 46.5 Å². The van der Waals surface area contributed by atoms with Gasteiger partial charge in [0.15, 0.2) is 0 Å². The molecule has 1 atom stereocenters. The van der Waals surface area contributed by atoms with Gasteiger partial charge in [-0.3, -0.25) is 14.2 Å². The molecular weight excluding hydrogens is 382 g/mol. The molecule has 1 aromatic heterocycles. The molecule has 0 aliphatic rings. The minimum absolute atomic E-state index is 0.0294. The largest absolute Gasteiger partial charge is 0.354 e. The van der Waals surface area contributed by atoms with Crippen LogP contribution >= 0.6 is 15.9 Å². The number of benzene rings is 1. The summed E-state index contributed by atoms with van der Waals surface area (Å²) in [6.45, 7) is 6.77. The molecule has 0 radical (unpaired) electrons. The van der Waals surface area contributed by atoms with Crippen LogP contribution in [0.15, 0.2) is 33.8 Å². The molecule has 0 spiro atoms. The van der Waals surface area contributed by atoms with Crippen LogP contribution in [0.4, 0.5) is 0 Å². The van der Waals surface area contributed by atoms with Crippen LogP contribution in [0.2, 0.25) is 0 Å². The highest BCUT2D eigenvalue weighted by Crippen LogP contribution is 2.14. The minimum Gasteiger partial charge on any atom is -0.354 e. The van der Waals surface area contributed by atoms with Crippen molar-refractivity contribution < 1.29 is 4.79 Å². The van der Waals surface area contributed by atoms with E-state index in [0.717, 1.165) is 17.3 Å². The van der Waals surface area contributed by atoms with Crippen LogP contribution in [0.25, 0.3) is 10.9 Å². The van der Waals surface area contributed by atoms with Crippen molar-refractivity contribution in [2.24, 2.45) is 5.92 Å². The third-order valence-corrected chi connectivity index (χ3v) is 4.69. The molecule has 0 bridgehead atoms. The zero-order valence-electron chi connectivity index (χ0n) is 15.1. The molecule has 6 heteroatoms. The summed E-state index contributed by atoms with van der Waals surface area (Å²) in [5.41, 5.74) is 0.539. The van der Waals surface area contributed by atoms with Crippen molar-refractivity contribution >= 4 is 32.7 Å². The molecular formula is C19H26BrN3O2. The fourth-order valence-electron chi connectivity index (χ4n) is 2.76. The number of carbonyl (C=O) groups excluding carboxylic acids is 1. The molecule has 0 saturated heterocycles. The monoisotopic (exact) mass is 407 g/mol. The van der Waals surface area contributed by atoms with Gasteiger partial charge in [0, 0.05) is 23.5 Å². The second-order valence-electron chi connectivity index (χ2n) is 6.95. The van der Waals surface area contributed by atoms with Crippen molar-refractivity contribution in [3.63, 3.8) is 0 Å². The van der Waals surface area contributed by atoms with Gasteiger partial charge in [-0.1, -0.05) is 42.6 Å². The van der Waals surface area contributed by atoms with E-state index in [9.17, 15) is 9.59 Å². The average molecular weight is 408 g/mol. The Labute approximate surface area is 157 Å². The van der Waals surface area contributed by atoms with E-state index in [1.165, 1.54) is 17.3 Å². The van der Waals surface area contributed by atoms with Gasteiger partial charge in [0.1, 0.15) is 0 Å². The van der Waals surface area contributed by atoms with E-state index in [1.807, 2.05) is 13.0 Å². The lowest BCUT2D eigenvalue weighted by atomic mass is 10.0. The fourth-order valence-corrected chi connectivity index (χ4v) is 3.12. The van der Waals surface area contributed by atoms with Gasteiger partial charge in [0.2, 0.25) is 5.91 Å². The predicted octanol–water partition coefficient (Wildman–Crippen LogP) is 3.88. The lowest BCUT2D eigenvalue weighted by Crippen LogP contribution is -2.34. The smallest absolute Gasteiger partial charge is 0.261 e. The summed E-state index contributed by atoms with van der Waals surface area (Å²) in [4.78, 5) is 28.9. The standard InChI is InChI=1S/C19H26BrN3O2/c1-13(2)5-4-6-14(3)22-18(24)9-10-23-12-21-17-8-7-15(20)11-16(17)19(23)25/h7-8,11-14H,4-6,9-10H2,1-3H3,(H,22,24)/t14-/m1/s1. The number of aromatic nitrogens is 2. The molecule has 1 aromatic carbocycles. The molecule has 0 saturated carbocycles. The maximum absolute atomic E-state index is 12.5. The molecule has 2 rings (SSSR count). The molecule has 1 heterocycles. The Morgan fingerprint density at radius 1 is 1.28 bits per heavy atom. The second kappa shape index (κ2) is 9.13. The van der Waals surface area contributed by atoms with E-state index in [0.29, 0.717) is 23.4 Å². The van der Waals surface area contributed by atoms with Crippen molar-refractivity contribution in [3.8, 4) is 0 Å². The zero-order chi connectivity index (χ0) is 18.4. The van der Waals surface area contributed by atoms with Gasteiger partial charge in [-0.25, -0.2) is 4.98 Å². The van der Waals surface area contributed by atoms with Gasteiger partial charge in [-0.15, -0.1) is 0 Å². The molecule has 0 aliphatic carbocycles. The maximum atomic E-state index is 12.5. The van der Waals surface area contributed by atoms with Crippen molar-refractivity contribution in [3.05, 3.63) is 39.4 Å². The van der Waals surface area contributed by atoms with E-state index < -0.39 is 0 Å². The third kappa shape index (κ3) is 5.96. The number of hydrogen-bond acceptors (Lipinski definition) is 3. The number of aryl methyl sites for hydroxylation is 1. The van der Waals surface area contributed by atoms with Crippen molar-refractivity contribution in [1.29, 1.82) is 0 Å². The number of nitrogens with zero attached hydrogens (tertiary/aromatic N) is 2. The van der Waals surface area contributed by atoms with Crippen LogP contribution in [0.5, 0.6) is 0 Å². The van der Waals surface area contributed by atoms with Gasteiger partial charge in [0.05, 0.1) is 17.2 Å². The van der Waals surface area contributed by atoms with Gasteiger partial charge < -0.3 is 5.32 Å². The van der Waals surface area contributed by atoms with Crippen molar-refractivity contribution in [2.75, 3.05) is 0 Å². The zero-order valence-corrected chi connectivity index (χ0v) is 16.7. The van der Waals surface area contributed by atoms with Gasteiger partial charge in [0.25, 0.3) is 5.56 Å². The Hall–Kier alpha value is -1.69. The first-order valence-corrected chi connectivity index (χ1v) is 9.60. The highest BCUT2D eigenvalue weighted by Gasteiger charge is 2.10. The Kier molecular flexibility index (Phi) is 7.17.